The molecule has 0 N–H and O–H groups in total. The summed E-state index contributed by atoms with van der Waals surface area (Å²) in [6.45, 7) is 8.94. The number of carbonyl (C=O) groups is 1. The second kappa shape index (κ2) is 8.44. The van der Waals surface area contributed by atoms with Crippen LogP contribution in [0.25, 0.3) is 11.4 Å². The zero-order valence-electron chi connectivity index (χ0n) is 15.5. The number of benzene rings is 1. The largest absolute Gasteiger partial charge is 0.341 e. The zero-order chi connectivity index (χ0) is 18.7. The van der Waals surface area contributed by atoms with Crippen LogP contribution in [-0.4, -0.2) is 44.4 Å². The molecule has 2 heterocycles. The summed E-state index contributed by atoms with van der Waals surface area (Å²) in [5.74, 6) is 2.50. The van der Waals surface area contributed by atoms with Crippen LogP contribution >= 0.6 is 23.4 Å². The van der Waals surface area contributed by atoms with E-state index in [0.717, 1.165) is 36.2 Å². The number of piperidine rings is 1. The fourth-order valence-corrected chi connectivity index (χ4v) is 4.70. The lowest BCUT2D eigenvalue weighted by molar-refractivity contribution is -0.130. The maximum atomic E-state index is 12.6. The van der Waals surface area contributed by atoms with Gasteiger partial charge in [0.25, 0.3) is 0 Å². The maximum absolute atomic E-state index is 12.6. The highest BCUT2D eigenvalue weighted by atomic mass is 35.5. The number of likely N-dealkylation sites (tertiary alicyclic amines) is 1. The van der Waals surface area contributed by atoms with Gasteiger partial charge in [0.1, 0.15) is 0 Å². The van der Waals surface area contributed by atoms with Gasteiger partial charge in [-0.1, -0.05) is 49.3 Å². The molecule has 0 aliphatic carbocycles. The summed E-state index contributed by atoms with van der Waals surface area (Å²) < 4.78 is 2.03. The van der Waals surface area contributed by atoms with E-state index in [4.69, 9.17) is 11.6 Å². The van der Waals surface area contributed by atoms with Gasteiger partial charge in [0.2, 0.25) is 5.91 Å². The van der Waals surface area contributed by atoms with Crippen molar-refractivity contribution in [3.8, 4) is 11.4 Å². The van der Waals surface area contributed by atoms with Crippen molar-refractivity contribution in [1.29, 1.82) is 0 Å². The fraction of sp³-hybridized carbons (Fsp3) is 0.526. The summed E-state index contributed by atoms with van der Waals surface area (Å²) in [7, 11) is 0. The third-order valence-electron chi connectivity index (χ3n) is 4.66. The lowest BCUT2D eigenvalue weighted by Crippen LogP contribution is -2.43. The lowest BCUT2D eigenvalue weighted by Gasteiger charge is -2.34. The third-order valence-corrected chi connectivity index (χ3v) is 5.85. The molecule has 1 saturated heterocycles. The number of amides is 1. The Kier molecular flexibility index (Phi) is 6.24. The first-order valence-corrected chi connectivity index (χ1v) is 10.4. The van der Waals surface area contributed by atoms with Crippen molar-refractivity contribution in [1.82, 2.24) is 19.7 Å². The summed E-state index contributed by atoms with van der Waals surface area (Å²) >= 11 is 7.56. The van der Waals surface area contributed by atoms with Crippen LogP contribution in [0.3, 0.4) is 0 Å². The van der Waals surface area contributed by atoms with E-state index in [1.54, 1.807) is 0 Å². The molecule has 1 amide bonds. The molecule has 2 aromatic rings. The molecule has 0 radical (unpaired) electrons. The van der Waals surface area contributed by atoms with Crippen LogP contribution in [0.1, 0.15) is 27.2 Å². The summed E-state index contributed by atoms with van der Waals surface area (Å²) in [4.78, 5) is 14.6. The van der Waals surface area contributed by atoms with Gasteiger partial charge in [0.05, 0.1) is 5.75 Å². The van der Waals surface area contributed by atoms with E-state index in [-0.39, 0.29) is 5.91 Å². The van der Waals surface area contributed by atoms with Crippen LogP contribution in [-0.2, 0) is 11.3 Å². The minimum atomic E-state index is 0.184. The van der Waals surface area contributed by atoms with Gasteiger partial charge in [-0.2, -0.15) is 0 Å². The number of carbonyl (C=O) groups excluding carboxylic acids is 1. The van der Waals surface area contributed by atoms with Gasteiger partial charge in [0, 0.05) is 30.2 Å². The molecule has 1 fully saturated rings. The third kappa shape index (κ3) is 4.41. The highest BCUT2D eigenvalue weighted by molar-refractivity contribution is 7.99. The van der Waals surface area contributed by atoms with E-state index >= 15 is 0 Å². The Morgan fingerprint density at radius 1 is 1.27 bits per heavy atom. The normalized spacial score (nSPS) is 20.4. The van der Waals surface area contributed by atoms with Crippen molar-refractivity contribution in [3.63, 3.8) is 0 Å². The highest BCUT2D eigenvalue weighted by Gasteiger charge is 2.25. The van der Waals surface area contributed by atoms with Gasteiger partial charge in [-0.15, -0.1) is 10.2 Å². The fourth-order valence-electron chi connectivity index (χ4n) is 3.61. The number of halogens is 1. The molecule has 2 atom stereocenters. The SMILES string of the molecule is CCn1c(SCC(=O)N2CC(C)CC(C)C2)nnc1-c1cccc(Cl)c1. The highest BCUT2D eigenvalue weighted by Crippen LogP contribution is 2.27. The second-order valence-corrected chi connectivity index (χ2v) is 8.47. The van der Waals surface area contributed by atoms with Crippen molar-refractivity contribution in [2.45, 2.75) is 38.9 Å². The predicted molar refractivity (Wildman–Crippen MR) is 106 cm³/mol. The van der Waals surface area contributed by atoms with Gasteiger partial charge in [-0.05, 0) is 37.3 Å². The molecule has 2 unspecified atom stereocenters. The van der Waals surface area contributed by atoms with Crippen molar-refractivity contribution in [3.05, 3.63) is 29.3 Å². The molecule has 1 aliphatic rings. The Bertz CT molecular complexity index is 769. The number of aromatic nitrogens is 3. The molecule has 1 aliphatic heterocycles. The average molecular weight is 393 g/mol. The number of rotatable bonds is 5. The Morgan fingerprint density at radius 2 is 2.00 bits per heavy atom. The zero-order valence-corrected chi connectivity index (χ0v) is 17.1. The molecule has 3 rings (SSSR count). The Balaban J connectivity index is 1.70. The van der Waals surface area contributed by atoms with Crippen LogP contribution in [0.2, 0.25) is 5.02 Å². The van der Waals surface area contributed by atoms with Crippen LogP contribution in [0.5, 0.6) is 0 Å². The summed E-state index contributed by atoms with van der Waals surface area (Å²) in [6, 6.07) is 7.60. The number of thioether (sulfide) groups is 1. The van der Waals surface area contributed by atoms with E-state index in [0.29, 0.717) is 22.6 Å². The first-order chi connectivity index (χ1) is 12.5. The molecule has 0 spiro atoms. The van der Waals surface area contributed by atoms with E-state index in [2.05, 4.69) is 31.0 Å². The molecule has 26 heavy (non-hydrogen) atoms. The topological polar surface area (TPSA) is 51.0 Å². The summed E-state index contributed by atoms with van der Waals surface area (Å²) in [6.07, 6.45) is 1.20. The van der Waals surface area contributed by atoms with Gasteiger partial charge in [0.15, 0.2) is 11.0 Å². The van der Waals surface area contributed by atoms with Gasteiger partial charge in [-0.3, -0.25) is 4.79 Å². The first-order valence-electron chi connectivity index (χ1n) is 9.07. The first kappa shape index (κ1) is 19.2. The molecule has 1 aromatic carbocycles. The van der Waals surface area contributed by atoms with Crippen molar-refractivity contribution in [2.75, 3.05) is 18.8 Å². The van der Waals surface area contributed by atoms with Crippen LogP contribution in [0, 0.1) is 11.8 Å². The van der Waals surface area contributed by atoms with E-state index in [9.17, 15) is 4.79 Å². The van der Waals surface area contributed by atoms with Crippen LogP contribution in [0.15, 0.2) is 29.4 Å². The Labute approximate surface area is 164 Å². The van der Waals surface area contributed by atoms with Gasteiger partial charge < -0.3 is 9.47 Å². The van der Waals surface area contributed by atoms with E-state index in [1.165, 1.54) is 18.2 Å². The van der Waals surface area contributed by atoms with E-state index in [1.807, 2.05) is 33.7 Å². The minimum absolute atomic E-state index is 0.184. The molecular formula is C19H25ClN4OS. The molecule has 1 aromatic heterocycles. The quantitative estimate of drug-likeness (QED) is 0.715. The monoisotopic (exact) mass is 392 g/mol. The molecule has 5 nitrogen and oxygen atoms in total. The summed E-state index contributed by atoms with van der Waals surface area (Å²) in [5, 5.41) is 10.1. The Hall–Kier alpha value is -1.53. The number of nitrogens with zero attached hydrogens (tertiary/aromatic N) is 4. The van der Waals surface area contributed by atoms with Gasteiger partial charge >= 0.3 is 0 Å². The molecule has 7 heteroatoms. The maximum Gasteiger partial charge on any atom is 0.233 e. The number of hydrogen-bond donors (Lipinski definition) is 0. The van der Waals surface area contributed by atoms with Gasteiger partial charge in [-0.25, -0.2) is 0 Å². The van der Waals surface area contributed by atoms with Crippen molar-refractivity contribution >= 4 is 29.3 Å². The van der Waals surface area contributed by atoms with Crippen molar-refractivity contribution < 1.29 is 4.79 Å². The summed E-state index contributed by atoms with van der Waals surface area (Å²) in [5.41, 5.74) is 0.934. The van der Waals surface area contributed by atoms with Crippen LogP contribution in [0.4, 0.5) is 0 Å². The number of hydrogen-bond acceptors (Lipinski definition) is 4. The second-order valence-electron chi connectivity index (χ2n) is 7.09. The smallest absolute Gasteiger partial charge is 0.233 e. The molecular weight excluding hydrogens is 368 g/mol. The standard InChI is InChI=1S/C19H25ClN4OS/c1-4-24-18(15-6-5-7-16(20)9-15)21-22-19(24)26-12-17(25)23-10-13(2)8-14(3)11-23/h5-7,9,13-14H,4,8,10-12H2,1-3H3. The van der Waals surface area contributed by atoms with Crippen molar-refractivity contribution in [2.24, 2.45) is 11.8 Å². The van der Waals surface area contributed by atoms with E-state index < -0.39 is 0 Å². The van der Waals surface area contributed by atoms with Crippen LogP contribution < -0.4 is 0 Å². The molecule has 0 saturated carbocycles. The Morgan fingerprint density at radius 3 is 2.65 bits per heavy atom. The average Bonchev–Trinajstić information content (AvgIpc) is 3.01. The molecule has 140 valence electrons. The predicted octanol–water partition coefficient (Wildman–Crippen LogP) is 4.22. The minimum Gasteiger partial charge on any atom is -0.341 e. The lowest BCUT2D eigenvalue weighted by atomic mass is 9.92. The molecule has 0 bridgehead atoms.